The second kappa shape index (κ2) is 11.0. The van der Waals surface area contributed by atoms with Gasteiger partial charge in [0, 0.05) is 30.3 Å². The van der Waals surface area contributed by atoms with Crippen LogP contribution in [-0.4, -0.2) is 33.1 Å². The van der Waals surface area contributed by atoms with Crippen LogP contribution in [0.5, 0.6) is 5.75 Å². The van der Waals surface area contributed by atoms with Crippen molar-refractivity contribution in [2.24, 2.45) is 13.0 Å². The highest BCUT2D eigenvalue weighted by Crippen LogP contribution is 2.36. The Morgan fingerprint density at radius 3 is 2.26 bits per heavy atom. The molecule has 2 aromatic carbocycles. The largest absolute Gasteiger partial charge is 0.493 e. The van der Waals surface area contributed by atoms with Gasteiger partial charge in [0.1, 0.15) is 5.75 Å². The molecule has 0 fully saturated rings. The monoisotopic (exact) mass is 529 g/mol. The van der Waals surface area contributed by atoms with Gasteiger partial charge >= 0.3 is 0 Å². The van der Waals surface area contributed by atoms with Gasteiger partial charge in [0.2, 0.25) is 0 Å². The van der Waals surface area contributed by atoms with Crippen LogP contribution in [-0.2, 0) is 12.6 Å². The molecule has 0 aliphatic carbocycles. The summed E-state index contributed by atoms with van der Waals surface area (Å²) in [6.45, 7) is 10.3. The second-order valence-corrected chi connectivity index (χ2v) is 10.8. The summed E-state index contributed by atoms with van der Waals surface area (Å²) in [7, 11) is 1.77. The van der Waals surface area contributed by atoms with Crippen molar-refractivity contribution in [2.45, 2.75) is 53.1 Å². The van der Waals surface area contributed by atoms with E-state index in [0.717, 1.165) is 34.7 Å². The van der Waals surface area contributed by atoms with E-state index in [0.29, 0.717) is 40.5 Å². The Morgan fingerprint density at radius 2 is 1.67 bits per heavy atom. The van der Waals surface area contributed by atoms with Crippen molar-refractivity contribution in [1.82, 2.24) is 14.9 Å². The Bertz CT molecular complexity index is 1600. The minimum Gasteiger partial charge on any atom is -0.493 e. The Morgan fingerprint density at radius 1 is 1.03 bits per heavy atom. The Kier molecular flexibility index (Phi) is 7.88. The van der Waals surface area contributed by atoms with Gasteiger partial charge in [-0.2, -0.15) is 0 Å². The van der Waals surface area contributed by atoms with Crippen LogP contribution in [0.15, 0.2) is 53.5 Å². The summed E-state index contributed by atoms with van der Waals surface area (Å²) in [5, 5.41) is 15.3. The Hall–Kier alpha value is -4.04. The normalized spacial score (nSPS) is 12.9. The van der Waals surface area contributed by atoms with Crippen LogP contribution < -0.4 is 15.6 Å². The number of aryl methyl sites for hydroxylation is 2. The van der Waals surface area contributed by atoms with E-state index in [1.807, 2.05) is 25.1 Å². The number of carbonyl (C=O) groups is 2. The predicted molar refractivity (Wildman–Crippen MR) is 152 cm³/mol. The highest BCUT2D eigenvalue weighted by atomic mass is 16.5. The zero-order valence-electron chi connectivity index (χ0n) is 23.3. The maximum atomic E-state index is 12.9. The first-order valence-corrected chi connectivity index (χ1v) is 13.1. The van der Waals surface area contributed by atoms with Gasteiger partial charge in [0.15, 0.2) is 0 Å². The number of fused-ring (bicyclic) bond motifs is 4. The molecule has 8 heteroatoms. The van der Waals surface area contributed by atoms with Crippen molar-refractivity contribution in [3.63, 3.8) is 0 Å². The molecule has 0 spiro atoms. The quantitative estimate of drug-likeness (QED) is 0.206. The van der Waals surface area contributed by atoms with E-state index in [9.17, 15) is 19.5 Å². The number of hydrogen-bond donors (Lipinski definition) is 2. The molecule has 3 heterocycles. The minimum absolute atomic E-state index is 0.0742. The summed E-state index contributed by atoms with van der Waals surface area (Å²) in [6.07, 6.45) is 3.75. The third-order valence-electron chi connectivity index (χ3n) is 6.89. The number of imide groups is 1. The van der Waals surface area contributed by atoms with Crippen molar-refractivity contribution in [3.05, 3.63) is 81.4 Å². The first-order valence-electron chi connectivity index (χ1n) is 13.1. The zero-order valence-corrected chi connectivity index (χ0v) is 23.3. The lowest BCUT2D eigenvalue weighted by Gasteiger charge is -2.24. The molecule has 2 aromatic heterocycles. The number of nitrogens with one attached hydrogen (secondary N) is 1. The van der Waals surface area contributed by atoms with Gasteiger partial charge in [0.05, 0.1) is 39.9 Å². The number of aromatic nitrogens is 2. The standard InChI is InChI=1S/C23H30N2O3.C8H5NO2/c1-14(2)8-7-11-28-20-13-19-17(12-18(20)23(4,5)27)16-9-10-24-15(3)21(16)22(26)25(19)6;10-7-5-3-1-2-4-6(5)8(11)9-7/h9-10,12-14,27H,7-8,11H2,1-6H3;1-4H,(H,9,10,11). The molecular formula is C31H35N3O5. The number of amides is 2. The molecule has 0 atom stereocenters. The predicted octanol–water partition coefficient (Wildman–Crippen LogP) is 5.01. The molecule has 0 bridgehead atoms. The van der Waals surface area contributed by atoms with Gasteiger partial charge in [-0.25, -0.2) is 0 Å². The molecule has 2 amide bonds. The van der Waals surface area contributed by atoms with Crippen molar-refractivity contribution < 1.29 is 19.4 Å². The molecule has 1 aliphatic heterocycles. The molecule has 8 nitrogen and oxygen atoms in total. The second-order valence-electron chi connectivity index (χ2n) is 10.8. The SMILES string of the molecule is Cc1nccc2c1c(=O)n(C)c1cc(OCCCC(C)C)c(C(C)(C)O)cc21.O=C1NC(=O)c2ccccc21. The van der Waals surface area contributed by atoms with Crippen molar-refractivity contribution in [2.75, 3.05) is 6.61 Å². The van der Waals surface area contributed by atoms with E-state index in [4.69, 9.17) is 4.74 Å². The van der Waals surface area contributed by atoms with Gasteiger partial charge in [-0.05, 0) is 69.2 Å². The fourth-order valence-electron chi connectivity index (χ4n) is 4.79. The van der Waals surface area contributed by atoms with E-state index in [2.05, 4.69) is 24.1 Å². The van der Waals surface area contributed by atoms with Crippen LogP contribution in [0.4, 0.5) is 0 Å². The molecule has 0 saturated heterocycles. The van der Waals surface area contributed by atoms with Gasteiger partial charge in [-0.1, -0.05) is 26.0 Å². The summed E-state index contributed by atoms with van der Waals surface area (Å²) < 4.78 is 7.71. The number of pyridine rings is 2. The highest BCUT2D eigenvalue weighted by molar-refractivity contribution is 6.21. The lowest BCUT2D eigenvalue weighted by Crippen LogP contribution is -2.21. The van der Waals surface area contributed by atoms with Crippen LogP contribution in [0.1, 0.15) is 72.5 Å². The topological polar surface area (TPSA) is 111 Å². The first kappa shape index (κ1) is 28.0. The maximum Gasteiger partial charge on any atom is 0.260 e. The van der Waals surface area contributed by atoms with Crippen LogP contribution >= 0.6 is 0 Å². The molecule has 0 saturated carbocycles. The number of ether oxygens (including phenoxy) is 1. The number of rotatable bonds is 6. The van der Waals surface area contributed by atoms with Crippen LogP contribution in [0, 0.1) is 12.8 Å². The van der Waals surface area contributed by atoms with Crippen molar-refractivity contribution in [1.29, 1.82) is 0 Å². The summed E-state index contributed by atoms with van der Waals surface area (Å²) >= 11 is 0. The molecule has 39 heavy (non-hydrogen) atoms. The fraction of sp³-hybridized carbons (Fsp3) is 0.355. The third kappa shape index (κ3) is 5.71. The van der Waals surface area contributed by atoms with Crippen molar-refractivity contribution >= 4 is 33.5 Å². The highest BCUT2D eigenvalue weighted by Gasteiger charge is 2.25. The number of benzene rings is 2. The third-order valence-corrected chi connectivity index (χ3v) is 6.89. The van der Waals surface area contributed by atoms with Gasteiger partial charge < -0.3 is 14.4 Å². The fourth-order valence-corrected chi connectivity index (χ4v) is 4.79. The van der Waals surface area contributed by atoms with E-state index in [1.54, 1.807) is 55.9 Å². The summed E-state index contributed by atoms with van der Waals surface area (Å²) in [4.78, 5) is 39.1. The number of nitrogens with zero attached hydrogens (tertiary/aromatic N) is 2. The molecule has 0 radical (unpaired) electrons. The zero-order chi connectivity index (χ0) is 28.5. The Balaban J connectivity index is 0.000000265. The number of hydrogen-bond acceptors (Lipinski definition) is 6. The molecule has 5 rings (SSSR count). The first-order chi connectivity index (χ1) is 18.4. The Labute approximate surface area is 227 Å². The summed E-state index contributed by atoms with van der Waals surface area (Å²) in [5.41, 5.74) is 2.02. The average Bonchev–Trinajstić information content (AvgIpc) is 3.17. The average molecular weight is 530 g/mol. The molecule has 0 unspecified atom stereocenters. The van der Waals surface area contributed by atoms with E-state index >= 15 is 0 Å². The van der Waals surface area contributed by atoms with E-state index in [1.165, 1.54) is 0 Å². The molecule has 4 aromatic rings. The lowest BCUT2D eigenvalue weighted by molar-refractivity contribution is 0.0747. The van der Waals surface area contributed by atoms with Crippen LogP contribution in [0.2, 0.25) is 0 Å². The van der Waals surface area contributed by atoms with E-state index in [-0.39, 0.29) is 17.4 Å². The maximum absolute atomic E-state index is 12.9. The summed E-state index contributed by atoms with van der Waals surface area (Å²) in [6, 6.07) is 12.4. The minimum atomic E-state index is -1.06. The molecule has 1 aliphatic rings. The summed E-state index contributed by atoms with van der Waals surface area (Å²) in [5.74, 6) is 0.651. The molecule has 2 N–H and O–H groups in total. The lowest BCUT2D eigenvalue weighted by atomic mass is 9.93. The van der Waals surface area contributed by atoms with Gasteiger partial charge in [0.25, 0.3) is 17.4 Å². The van der Waals surface area contributed by atoms with Gasteiger partial charge in [-0.3, -0.25) is 24.7 Å². The van der Waals surface area contributed by atoms with Crippen molar-refractivity contribution in [3.8, 4) is 5.75 Å². The number of aliphatic hydroxyl groups is 1. The number of carbonyl (C=O) groups excluding carboxylic acids is 2. The van der Waals surface area contributed by atoms with Crippen LogP contribution in [0.25, 0.3) is 21.7 Å². The smallest absolute Gasteiger partial charge is 0.260 e. The van der Waals surface area contributed by atoms with E-state index < -0.39 is 5.60 Å². The molecular weight excluding hydrogens is 494 g/mol. The molecule has 204 valence electrons. The van der Waals surface area contributed by atoms with Gasteiger partial charge in [-0.15, -0.1) is 0 Å². The van der Waals surface area contributed by atoms with Crippen LogP contribution in [0.3, 0.4) is 0 Å².